The average molecular weight is 120 g/mol. The molecule has 1 aromatic rings. The molecule has 0 amide bonds. The summed E-state index contributed by atoms with van der Waals surface area (Å²) in [5, 5.41) is 8.29. The van der Waals surface area contributed by atoms with E-state index in [2.05, 4.69) is 0 Å². The first-order chi connectivity index (χ1) is 3.93. The van der Waals surface area contributed by atoms with Crippen molar-refractivity contribution < 1.29 is 0 Å². The van der Waals surface area contributed by atoms with E-state index >= 15 is 0 Å². The molecular weight excluding hydrogens is 112 g/mol. The third-order valence-electron chi connectivity index (χ3n) is 0.903. The molecule has 0 fully saturated rings. The van der Waals surface area contributed by atoms with E-state index in [-0.39, 0.29) is 6.15 Å². The van der Waals surface area contributed by atoms with Gasteiger partial charge in [0.1, 0.15) is 0 Å². The summed E-state index contributed by atoms with van der Waals surface area (Å²) in [6.45, 7) is 0. The summed E-state index contributed by atoms with van der Waals surface area (Å²) >= 11 is 0. The zero-order valence-electron chi connectivity index (χ0n) is 5.04. The van der Waals surface area contributed by atoms with Gasteiger partial charge in [-0.3, -0.25) is 0 Å². The van der Waals surface area contributed by atoms with E-state index in [4.69, 9.17) is 5.26 Å². The Balaban J connectivity index is 0.000000640. The highest BCUT2D eigenvalue weighted by Crippen LogP contribution is 1.92. The summed E-state index contributed by atoms with van der Waals surface area (Å²) in [4.78, 5) is 0. The molecule has 0 aliphatic carbocycles. The number of hydrogen-bond donors (Lipinski definition) is 1. The van der Waals surface area contributed by atoms with Crippen LogP contribution in [0.1, 0.15) is 5.56 Å². The minimum Gasteiger partial charge on any atom is -0.344 e. The fraction of sp³-hybridized carbons (Fsp3) is 0. The van der Waals surface area contributed by atoms with Gasteiger partial charge >= 0.3 is 0 Å². The van der Waals surface area contributed by atoms with Crippen LogP contribution in [0.25, 0.3) is 0 Å². The Hall–Kier alpha value is -1.33. The van der Waals surface area contributed by atoms with Crippen LogP contribution in [0, 0.1) is 11.3 Å². The molecule has 0 atom stereocenters. The molecular formula is C7H8N2. The number of hydrogen-bond acceptors (Lipinski definition) is 2. The summed E-state index contributed by atoms with van der Waals surface area (Å²) < 4.78 is 0. The Morgan fingerprint density at radius 3 is 2.00 bits per heavy atom. The Morgan fingerprint density at radius 1 is 1.11 bits per heavy atom. The highest BCUT2D eigenvalue weighted by Gasteiger charge is 1.79. The molecule has 0 radical (unpaired) electrons. The first kappa shape index (κ1) is 7.67. The minimum absolute atomic E-state index is 0. The molecule has 0 saturated heterocycles. The lowest BCUT2D eigenvalue weighted by atomic mass is 10.2. The van der Waals surface area contributed by atoms with Crippen LogP contribution in [0.5, 0.6) is 0 Å². The van der Waals surface area contributed by atoms with E-state index in [0.717, 1.165) is 0 Å². The molecule has 0 unspecified atom stereocenters. The van der Waals surface area contributed by atoms with Gasteiger partial charge in [-0.2, -0.15) is 5.26 Å². The van der Waals surface area contributed by atoms with Crippen molar-refractivity contribution in [3.8, 4) is 6.07 Å². The molecule has 1 aromatic carbocycles. The summed E-state index contributed by atoms with van der Waals surface area (Å²) in [6, 6.07) is 11.2. The molecule has 0 aliphatic rings. The van der Waals surface area contributed by atoms with Gasteiger partial charge in [0.25, 0.3) is 0 Å². The predicted molar refractivity (Wildman–Crippen MR) is 36.2 cm³/mol. The van der Waals surface area contributed by atoms with Gasteiger partial charge in [0, 0.05) is 0 Å². The summed E-state index contributed by atoms with van der Waals surface area (Å²) in [7, 11) is 0. The SMILES string of the molecule is N.N#Cc1ccccc1. The van der Waals surface area contributed by atoms with Gasteiger partial charge < -0.3 is 6.15 Å². The molecule has 0 aliphatic heterocycles. The second-order valence-electron chi connectivity index (χ2n) is 1.48. The maximum Gasteiger partial charge on any atom is 0.0991 e. The second-order valence-corrected chi connectivity index (χ2v) is 1.48. The number of rotatable bonds is 0. The minimum atomic E-state index is 0. The first-order valence-electron chi connectivity index (χ1n) is 2.38. The van der Waals surface area contributed by atoms with Gasteiger partial charge in [-0.15, -0.1) is 0 Å². The highest BCUT2D eigenvalue weighted by molar-refractivity contribution is 5.27. The van der Waals surface area contributed by atoms with Crippen molar-refractivity contribution in [2.24, 2.45) is 0 Å². The van der Waals surface area contributed by atoms with Crippen molar-refractivity contribution in [3.63, 3.8) is 0 Å². The fourth-order valence-electron chi connectivity index (χ4n) is 0.513. The number of benzene rings is 1. The Labute approximate surface area is 54.3 Å². The first-order valence-corrected chi connectivity index (χ1v) is 2.38. The zero-order valence-corrected chi connectivity index (χ0v) is 5.04. The third-order valence-corrected chi connectivity index (χ3v) is 0.903. The zero-order chi connectivity index (χ0) is 5.82. The quantitative estimate of drug-likeness (QED) is 0.566. The van der Waals surface area contributed by atoms with Crippen LogP contribution in [0.2, 0.25) is 0 Å². The predicted octanol–water partition coefficient (Wildman–Crippen LogP) is 1.72. The molecule has 46 valence electrons. The van der Waals surface area contributed by atoms with E-state index in [9.17, 15) is 0 Å². The van der Waals surface area contributed by atoms with Gasteiger partial charge in [0.2, 0.25) is 0 Å². The Kier molecular flexibility index (Phi) is 3.11. The molecule has 3 N–H and O–H groups in total. The van der Waals surface area contributed by atoms with Crippen molar-refractivity contribution in [1.29, 1.82) is 5.26 Å². The molecule has 0 aromatic heterocycles. The van der Waals surface area contributed by atoms with Gasteiger partial charge in [-0.1, -0.05) is 18.2 Å². The standard InChI is InChI=1S/C7H5N.H3N/c8-6-7-4-2-1-3-5-7;/h1-5H;1H3. The van der Waals surface area contributed by atoms with E-state index in [1.165, 1.54) is 0 Å². The lowest BCUT2D eigenvalue weighted by Gasteiger charge is -1.80. The normalized spacial score (nSPS) is 7.00. The Morgan fingerprint density at radius 2 is 1.67 bits per heavy atom. The van der Waals surface area contributed by atoms with Crippen molar-refractivity contribution in [3.05, 3.63) is 35.9 Å². The van der Waals surface area contributed by atoms with Crippen LogP contribution >= 0.6 is 0 Å². The molecule has 0 saturated carbocycles. The average Bonchev–Trinajstić information content (AvgIpc) is 1.90. The van der Waals surface area contributed by atoms with Crippen LogP contribution in [0.15, 0.2) is 30.3 Å². The van der Waals surface area contributed by atoms with Crippen molar-refractivity contribution in [1.82, 2.24) is 6.15 Å². The van der Waals surface area contributed by atoms with Crippen LogP contribution in [0.3, 0.4) is 0 Å². The van der Waals surface area contributed by atoms with Gasteiger partial charge in [0.05, 0.1) is 11.6 Å². The summed E-state index contributed by atoms with van der Waals surface area (Å²) in [5.74, 6) is 0. The third kappa shape index (κ3) is 1.94. The topological polar surface area (TPSA) is 58.8 Å². The largest absolute Gasteiger partial charge is 0.344 e. The highest BCUT2D eigenvalue weighted by atomic mass is 14.2. The van der Waals surface area contributed by atoms with E-state index in [1.807, 2.05) is 24.3 Å². The van der Waals surface area contributed by atoms with Crippen LogP contribution in [0.4, 0.5) is 0 Å². The maximum atomic E-state index is 8.29. The Bertz CT molecular complexity index is 198. The van der Waals surface area contributed by atoms with Crippen LogP contribution < -0.4 is 6.15 Å². The molecule has 9 heavy (non-hydrogen) atoms. The van der Waals surface area contributed by atoms with Crippen molar-refractivity contribution in [2.45, 2.75) is 0 Å². The number of nitriles is 1. The van der Waals surface area contributed by atoms with Gasteiger partial charge in [-0.05, 0) is 12.1 Å². The van der Waals surface area contributed by atoms with E-state index in [1.54, 1.807) is 12.1 Å². The molecule has 0 spiro atoms. The van der Waals surface area contributed by atoms with Gasteiger partial charge in [0.15, 0.2) is 0 Å². The van der Waals surface area contributed by atoms with Crippen molar-refractivity contribution in [2.75, 3.05) is 0 Å². The molecule has 1 rings (SSSR count). The monoisotopic (exact) mass is 120 g/mol. The van der Waals surface area contributed by atoms with E-state index < -0.39 is 0 Å². The summed E-state index contributed by atoms with van der Waals surface area (Å²) in [6.07, 6.45) is 0. The molecule has 0 heterocycles. The van der Waals surface area contributed by atoms with Crippen LogP contribution in [-0.2, 0) is 0 Å². The fourth-order valence-corrected chi connectivity index (χ4v) is 0.513. The van der Waals surface area contributed by atoms with E-state index in [0.29, 0.717) is 5.56 Å². The molecule has 2 nitrogen and oxygen atoms in total. The maximum absolute atomic E-state index is 8.29. The summed E-state index contributed by atoms with van der Waals surface area (Å²) in [5.41, 5.74) is 0.715. The molecule has 2 heteroatoms. The smallest absolute Gasteiger partial charge is 0.0991 e. The van der Waals surface area contributed by atoms with Crippen molar-refractivity contribution >= 4 is 0 Å². The lowest BCUT2D eigenvalue weighted by molar-refractivity contribution is 1.49. The molecule has 0 bridgehead atoms. The second kappa shape index (κ2) is 3.65. The lowest BCUT2D eigenvalue weighted by Crippen LogP contribution is -1.66. The van der Waals surface area contributed by atoms with Crippen LogP contribution in [-0.4, -0.2) is 0 Å². The number of nitrogens with zero attached hydrogens (tertiary/aromatic N) is 1. The van der Waals surface area contributed by atoms with Gasteiger partial charge in [-0.25, -0.2) is 0 Å².